The van der Waals surface area contributed by atoms with Gasteiger partial charge in [-0.1, -0.05) is 39.0 Å². The lowest BCUT2D eigenvalue weighted by Gasteiger charge is -2.17. The molecule has 0 spiro atoms. The largest absolute Gasteiger partial charge is 0.361 e. The van der Waals surface area contributed by atoms with Crippen LogP contribution >= 0.6 is 0 Å². The van der Waals surface area contributed by atoms with Gasteiger partial charge in [0, 0.05) is 19.5 Å². The molecule has 2 heteroatoms. The van der Waals surface area contributed by atoms with Crippen molar-refractivity contribution in [1.82, 2.24) is 4.90 Å². The van der Waals surface area contributed by atoms with Crippen LogP contribution in [-0.2, 0) is 0 Å². The Morgan fingerprint density at radius 2 is 1.86 bits per heavy atom. The number of hydrogen-bond donors (Lipinski definition) is 1. The van der Waals surface area contributed by atoms with Gasteiger partial charge in [0.15, 0.2) is 0 Å². The van der Waals surface area contributed by atoms with Gasteiger partial charge in [0.25, 0.3) is 0 Å². The summed E-state index contributed by atoms with van der Waals surface area (Å²) >= 11 is 0. The predicted molar refractivity (Wildman–Crippen MR) is 61.9 cm³/mol. The molecule has 1 aliphatic rings. The summed E-state index contributed by atoms with van der Waals surface area (Å²) in [6.45, 7) is 4.52. The van der Waals surface area contributed by atoms with Crippen LogP contribution in [0, 0.1) is 5.41 Å². The number of unbranched alkanes of at least 4 members (excludes halogenated alkanes) is 5. The van der Waals surface area contributed by atoms with E-state index in [0.717, 1.165) is 25.3 Å². The van der Waals surface area contributed by atoms with Crippen LogP contribution in [0.4, 0.5) is 0 Å². The SMILES string of the molecule is CCCCCCCCN1CCCC1=N. The van der Waals surface area contributed by atoms with Crippen molar-refractivity contribution < 1.29 is 0 Å². The highest BCUT2D eigenvalue weighted by Gasteiger charge is 2.15. The Morgan fingerprint density at radius 3 is 2.50 bits per heavy atom. The fraction of sp³-hybridized carbons (Fsp3) is 0.917. The summed E-state index contributed by atoms with van der Waals surface area (Å²) in [7, 11) is 0. The molecule has 1 saturated heterocycles. The molecular weight excluding hydrogens is 172 g/mol. The van der Waals surface area contributed by atoms with E-state index in [9.17, 15) is 0 Å². The van der Waals surface area contributed by atoms with Crippen molar-refractivity contribution in [2.24, 2.45) is 0 Å². The molecule has 82 valence electrons. The van der Waals surface area contributed by atoms with Crippen molar-refractivity contribution in [3.05, 3.63) is 0 Å². The van der Waals surface area contributed by atoms with Crippen LogP contribution in [0.5, 0.6) is 0 Å². The Labute approximate surface area is 88.2 Å². The summed E-state index contributed by atoms with van der Waals surface area (Å²) in [4.78, 5) is 2.25. The van der Waals surface area contributed by atoms with Crippen molar-refractivity contribution in [1.29, 1.82) is 5.41 Å². The number of rotatable bonds is 7. The molecule has 2 nitrogen and oxygen atoms in total. The molecule has 1 N–H and O–H groups in total. The van der Waals surface area contributed by atoms with E-state index >= 15 is 0 Å². The zero-order chi connectivity index (χ0) is 10.2. The maximum atomic E-state index is 7.68. The van der Waals surface area contributed by atoms with Crippen LogP contribution in [-0.4, -0.2) is 23.8 Å². The van der Waals surface area contributed by atoms with E-state index in [1.807, 2.05) is 0 Å². The van der Waals surface area contributed by atoms with E-state index in [0.29, 0.717) is 0 Å². The number of nitrogens with zero attached hydrogens (tertiary/aromatic N) is 1. The van der Waals surface area contributed by atoms with E-state index in [4.69, 9.17) is 5.41 Å². The normalized spacial score (nSPS) is 16.6. The van der Waals surface area contributed by atoms with Crippen LogP contribution in [0.3, 0.4) is 0 Å². The Hall–Kier alpha value is -0.530. The molecule has 0 radical (unpaired) electrons. The van der Waals surface area contributed by atoms with Crippen molar-refractivity contribution in [2.45, 2.75) is 58.3 Å². The highest BCUT2D eigenvalue weighted by atomic mass is 15.2. The summed E-state index contributed by atoms with van der Waals surface area (Å²) in [5, 5.41) is 7.68. The minimum absolute atomic E-state index is 0.874. The van der Waals surface area contributed by atoms with Gasteiger partial charge in [0.1, 0.15) is 0 Å². The maximum Gasteiger partial charge on any atom is 0.0958 e. The van der Waals surface area contributed by atoms with Gasteiger partial charge >= 0.3 is 0 Å². The summed E-state index contributed by atoms with van der Waals surface area (Å²) in [5.41, 5.74) is 0. The topological polar surface area (TPSA) is 27.1 Å². The van der Waals surface area contributed by atoms with Crippen molar-refractivity contribution in [3.63, 3.8) is 0 Å². The van der Waals surface area contributed by atoms with Crippen LogP contribution in [0.15, 0.2) is 0 Å². The molecule has 1 fully saturated rings. The number of likely N-dealkylation sites (tertiary alicyclic amines) is 1. The lowest BCUT2D eigenvalue weighted by Crippen LogP contribution is -2.25. The van der Waals surface area contributed by atoms with Crippen LogP contribution in [0.2, 0.25) is 0 Å². The van der Waals surface area contributed by atoms with Gasteiger partial charge < -0.3 is 4.90 Å². The fourth-order valence-corrected chi connectivity index (χ4v) is 2.06. The zero-order valence-electron chi connectivity index (χ0n) is 9.52. The third kappa shape index (κ3) is 4.12. The first kappa shape index (κ1) is 11.5. The molecule has 14 heavy (non-hydrogen) atoms. The third-order valence-electron chi connectivity index (χ3n) is 3.00. The van der Waals surface area contributed by atoms with Gasteiger partial charge in [-0.15, -0.1) is 0 Å². The van der Waals surface area contributed by atoms with Crippen molar-refractivity contribution in [2.75, 3.05) is 13.1 Å². The van der Waals surface area contributed by atoms with Crippen LogP contribution in [0.1, 0.15) is 58.3 Å². The monoisotopic (exact) mass is 196 g/mol. The van der Waals surface area contributed by atoms with Gasteiger partial charge in [-0.25, -0.2) is 0 Å². The van der Waals surface area contributed by atoms with Gasteiger partial charge in [0.2, 0.25) is 0 Å². The smallest absolute Gasteiger partial charge is 0.0958 e. The van der Waals surface area contributed by atoms with Gasteiger partial charge in [-0.3, -0.25) is 5.41 Å². The predicted octanol–water partition coefficient (Wildman–Crippen LogP) is 3.42. The minimum atomic E-state index is 0.874. The van der Waals surface area contributed by atoms with Gasteiger partial charge in [0.05, 0.1) is 5.84 Å². The number of amidine groups is 1. The second-order valence-electron chi connectivity index (χ2n) is 4.31. The molecule has 0 aromatic carbocycles. The van der Waals surface area contributed by atoms with E-state index < -0.39 is 0 Å². The molecule has 0 aromatic heterocycles. The summed E-state index contributed by atoms with van der Waals surface area (Å²) in [5.74, 6) is 0.874. The van der Waals surface area contributed by atoms with Crippen molar-refractivity contribution >= 4 is 5.84 Å². The molecule has 0 atom stereocenters. The average molecular weight is 196 g/mol. The second-order valence-corrected chi connectivity index (χ2v) is 4.31. The Kier molecular flexibility index (Phi) is 5.65. The minimum Gasteiger partial charge on any atom is -0.361 e. The molecule has 1 rings (SSSR count). The summed E-state index contributed by atoms with van der Waals surface area (Å²) in [6, 6.07) is 0. The molecule has 0 aliphatic carbocycles. The number of hydrogen-bond acceptors (Lipinski definition) is 1. The standard InChI is InChI=1S/C12H24N2/c1-2-3-4-5-6-7-10-14-11-8-9-12(14)13/h13H,2-11H2,1H3. The van der Waals surface area contributed by atoms with Crippen LogP contribution < -0.4 is 0 Å². The molecule has 0 amide bonds. The first-order valence-electron chi connectivity index (χ1n) is 6.17. The van der Waals surface area contributed by atoms with Crippen molar-refractivity contribution in [3.8, 4) is 0 Å². The average Bonchev–Trinajstić information content (AvgIpc) is 2.58. The summed E-state index contributed by atoms with van der Waals surface area (Å²) in [6.07, 6.45) is 10.3. The number of nitrogens with one attached hydrogen (secondary N) is 1. The lowest BCUT2D eigenvalue weighted by atomic mass is 10.1. The zero-order valence-corrected chi connectivity index (χ0v) is 9.52. The fourth-order valence-electron chi connectivity index (χ4n) is 2.06. The van der Waals surface area contributed by atoms with E-state index in [1.165, 1.54) is 44.9 Å². The first-order chi connectivity index (χ1) is 6.84. The third-order valence-corrected chi connectivity index (χ3v) is 3.00. The molecule has 1 heterocycles. The van der Waals surface area contributed by atoms with E-state index in [2.05, 4.69) is 11.8 Å². The lowest BCUT2D eigenvalue weighted by molar-refractivity contribution is 0.426. The molecule has 0 bridgehead atoms. The molecule has 0 aromatic rings. The molecular formula is C12H24N2. The first-order valence-corrected chi connectivity index (χ1v) is 6.17. The highest BCUT2D eigenvalue weighted by molar-refractivity contribution is 5.80. The van der Waals surface area contributed by atoms with Crippen LogP contribution in [0.25, 0.3) is 0 Å². The highest BCUT2D eigenvalue weighted by Crippen LogP contribution is 2.12. The Morgan fingerprint density at radius 1 is 1.14 bits per heavy atom. The van der Waals surface area contributed by atoms with E-state index in [-0.39, 0.29) is 0 Å². The maximum absolute atomic E-state index is 7.68. The quantitative estimate of drug-likeness (QED) is 0.621. The molecule has 0 saturated carbocycles. The second kappa shape index (κ2) is 6.86. The van der Waals surface area contributed by atoms with Gasteiger partial charge in [-0.05, 0) is 12.8 Å². The summed E-state index contributed by atoms with van der Waals surface area (Å²) < 4.78 is 0. The molecule has 1 aliphatic heterocycles. The Balaban J connectivity index is 1.90. The van der Waals surface area contributed by atoms with Gasteiger partial charge in [-0.2, -0.15) is 0 Å². The van der Waals surface area contributed by atoms with E-state index in [1.54, 1.807) is 0 Å². The molecule has 0 unspecified atom stereocenters. The Bertz CT molecular complexity index is 166.